The predicted octanol–water partition coefficient (Wildman–Crippen LogP) is -0.615. The SMILES string of the molecule is Nc1ncc2c(c1O)OS(=O)(=O)O2. The van der Waals surface area contributed by atoms with Crippen molar-refractivity contribution in [2.45, 2.75) is 0 Å². The van der Waals surface area contributed by atoms with Gasteiger partial charge in [0.05, 0.1) is 6.20 Å². The molecule has 1 aromatic heterocycles. The molecule has 0 radical (unpaired) electrons. The van der Waals surface area contributed by atoms with Crippen LogP contribution in [0.2, 0.25) is 0 Å². The van der Waals surface area contributed by atoms with Crippen LogP contribution in [0.1, 0.15) is 0 Å². The van der Waals surface area contributed by atoms with Crippen molar-refractivity contribution >= 4 is 16.2 Å². The molecular weight excluding hydrogens is 200 g/mol. The van der Waals surface area contributed by atoms with Gasteiger partial charge in [0.25, 0.3) is 0 Å². The molecule has 2 heterocycles. The highest BCUT2D eigenvalue weighted by atomic mass is 32.3. The second-order valence-electron chi connectivity index (χ2n) is 2.26. The molecule has 1 aliphatic heterocycles. The largest absolute Gasteiger partial charge is 0.502 e. The summed E-state index contributed by atoms with van der Waals surface area (Å²) in [5.41, 5.74) is 5.19. The monoisotopic (exact) mass is 204 g/mol. The van der Waals surface area contributed by atoms with Crippen molar-refractivity contribution < 1.29 is 21.9 Å². The Labute approximate surface area is 73.0 Å². The van der Waals surface area contributed by atoms with Crippen molar-refractivity contribution in [3.8, 4) is 17.2 Å². The van der Waals surface area contributed by atoms with E-state index in [-0.39, 0.29) is 17.3 Å². The quantitative estimate of drug-likeness (QED) is 0.579. The molecule has 0 amide bonds. The first-order chi connectivity index (χ1) is 5.99. The number of anilines is 1. The van der Waals surface area contributed by atoms with Gasteiger partial charge in [0, 0.05) is 0 Å². The van der Waals surface area contributed by atoms with Crippen molar-refractivity contribution in [1.29, 1.82) is 0 Å². The Balaban J connectivity index is 2.65. The fourth-order valence-electron chi connectivity index (χ4n) is 0.850. The third kappa shape index (κ3) is 1.11. The van der Waals surface area contributed by atoms with Crippen LogP contribution >= 0.6 is 0 Å². The van der Waals surface area contributed by atoms with E-state index in [0.29, 0.717) is 0 Å². The molecule has 0 saturated carbocycles. The van der Waals surface area contributed by atoms with E-state index in [2.05, 4.69) is 13.4 Å². The summed E-state index contributed by atoms with van der Waals surface area (Å²) in [6.45, 7) is 0. The van der Waals surface area contributed by atoms with Gasteiger partial charge >= 0.3 is 10.4 Å². The maximum atomic E-state index is 10.7. The minimum atomic E-state index is -4.10. The van der Waals surface area contributed by atoms with Crippen LogP contribution in [0.25, 0.3) is 0 Å². The number of fused-ring (bicyclic) bond motifs is 1. The zero-order chi connectivity index (χ0) is 9.64. The van der Waals surface area contributed by atoms with Gasteiger partial charge in [-0.15, -0.1) is 8.42 Å². The maximum absolute atomic E-state index is 10.7. The summed E-state index contributed by atoms with van der Waals surface area (Å²) in [5.74, 6) is -1.27. The van der Waals surface area contributed by atoms with Crippen molar-refractivity contribution in [2.24, 2.45) is 0 Å². The number of aromatic hydroxyl groups is 1. The van der Waals surface area contributed by atoms with Gasteiger partial charge in [-0.3, -0.25) is 0 Å². The Kier molecular flexibility index (Phi) is 1.32. The molecule has 0 aliphatic carbocycles. The van der Waals surface area contributed by atoms with Gasteiger partial charge in [-0.25, -0.2) is 4.98 Å². The van der Waals surface area contributed by atoms with E-state index in [1.807, 2.05) is 0 Å². The molecule has 13 heavy (non-hydrogen) atoms. The standard InChI is InChI=1S/C5H4N2O5S/c6-5-3(8)4-2(1-7-5)11-13(9,10)12-4/h1,8H,(H2,6,7). The molecule has 0 bridgehead atoms. The van der Waals surface area contributed by atoms with E-state index >= 15 is 0 Å². The van der Waals surface area contributed by atoms with Crippen LogP contribution in [-0.4, -0.2) is 18.5 Å². The summed E-state index contributed by atoms with van der Waals surface area (Å²) in [4.78, 5) is 3.47. The van der Waals surface area contributed by atoms with Gasteiger partial charge in [-0.1, -0.05) is 0 Å². The lowest BCUT2D eigenvalue weighted by Crippen LogP contribution is -2.08. The van der Waals surface area contributed by atoms with E-state index in [1.54, 1.807) is 0 Å². The van der Waals surface area contributed by atoms with Gasteiger partial charge < -0.3 is 19.2 Å². The number of hydrogen-bond donors (Lipinski definition) is 2. The second kappa shape index (κ2) is 2.16. The summed E-state index contributed by atoms with van der Waals surface area (Å²) in [7, 11) is -4.10. The van der Waals surface area contributed by atoms with Crippen LogP contribution in [0.5, 0.6) is 17.2 Å². The third-order valence-electron chi connectivity index (χ3n) is 1.38. The van der Waals surface area contributed by atoms with E-state index < -0.39 is 16.1 Å². The van der Waals surface area contributed by atoms with Crippen LogP contribution in [0, 0.1) is 0 Å². The Morgan fingerprint density at radius 2 is 2.15 bits per heavy atom. The first kappa shape index (κ1) is 7.92. The predicted molar refractivity (Wildman–Crippen MR) is 40.5 cm³/mol. The smallest absolute Gasteiger partial charge is 0.501 e. The van der Waals surface area contributed by atoms with Crippen molar-refractivity contribution in [1.82, 2.24) is 4.98 Å². The zero-order valence-electron chi connectivity index (χ0n) is 6.09. The molecule has 0 spiro atoms. The Morgan fingerprint density at radius 3 is 2.85 bits per heavy atom. The van der Waals surface area contributed by atoms with Crippen LogP contribution in [0.15, 0.2) is 6.20 Å². The van der Waals surface area contributed by atoms with Crippen LogP contribution < -0.4 is 14.1 Å². The number of rotatable bonds is 0. The highest BCUT2D eigenvalue weighted by Gasteiger charge is 2.32. The fraction of sp³-hybridized carbons (Fsp3) is 0. The molecule has 1 aliphatic rings. The van der Waals surface area contributed by atoms with Crippen LogP contribution in [0.3, 0.4) is 0 Å². The summed E-state index contributed by atoms with van der Waals surface area (Å²) in [5, 5.41) is 9.19. The Hall–Kier alpha value is -1.70. The summed E-state index contributed by atoms with van der Waals surface area (Å²) in [6.07, 6.45) is 1.05. The van der Waals surface area contributed by atoms with E-state index in [1.165, 1.54) is 0 Å². The average Bonchev–Trinajstić information content (AvgIpc) is 2.34. The molecule has 1 aromatic rings. The Bertz CT molecular complexity index is 468. The first-order valence-corrected chi connectivity index (χ1v) is 4.44. The van der Waals surface area contributed by atoms with Crippen LogP contribution in [0.4, 0.5) is 5.82 Å². The molecule has 0 unspecified atom stereocenters. The first-order valence-electron chi connectivity index (χ1n) is 3.11. The molecule has 7 nitrogen and oxygen atoms in total. The number of aromatic nitrogens is 1. The lowest BCUT2D eigenvalue weighted by Gasteiger charge is -1.98. The van der Waals surface area contributed by atoms with Gasteiger partial charge in [0.15, 0.2) is 5.82 Å². The maximum Gasteiger partial charge on any atom is 0.501 e. The number of nitrogens with two attached hydrogens (primary N) is 1. The highest BCUT2D eigenvalue weighted by molar-refractivity contribution is 7.82. The molecule has 3 N–H and O–H groups in total. The van der Waals surface area contributed by atoms with Gasteiger partial charge in [0.1, 0.15) is 0 Å². The summed E-state index contributed by atoms with van der Waals surface area (Å²) >= 11 is 0. The molecule has 0 saturated heterocycles. The van der Waals surface area contributed by atoms with Gasteiger partial charge in [-0.05, 0) is 0 Å². The normalized spacial score (nSPS) is 17.2. The molecule has 0 fully saturated rings. The summed E-state index contributed by atoms with van der Waals surface area (Å²) < 4.78 is 30.0. The topological polar surface area (TPSA) is 112 Å². The molecule has 0 aromatic carbocycles. The molecule has 2 rings (SSSR count). The minimum Gasteiger partial charge on any atom is -0.502 e. The van der Waals surface area contributed by atoms with Gasteiger partial charge in [-0.2, -0.15) is 0 Å². The number of nitrogen functional groups attached to an aromatic ring is 1. The van der Waals surface area contributed by atoms with Crippen molar-refractivity contribution in [2.75, 3.05) is 5.73 Å². The molecule has 70 valence electrons. The van der Waals surface area contributed by atoms with E-state index in [0.717, 1.165) is 6.20 Å². The summed E-state index contributed by atoms with van der Waals surface area (Å²) in [6, 6.07) is 0. The molecule has 8 heteroatoms. The van der Waals surface area contributed by atoms with Crippen molar-refractivity contribution in [3.05, 3.63) is 6.20 Å². The molecular formula is C5H4N2O5S. The molecule has 0 atom stereocenters. The number of pyridine rings is 1. The second-order valence-corrected chi connectivity index (χ2v) is 3.41. The minimum absolute atomic E-state index is 0.174. The third-order valence-corrected chi connectivity index (χ3v) is 2.13. The van der Waals surface area contributed by atoms with Crippen LogP contribution in [-0.2, 0) is 10.4 Å². The average molecular weight is 204 g/mol. The highest BCUT2D eigenvalue weighted by Crippen LogP contribution is 2.44. The fourth-order valence-corrected chi connectivity index (χ4v) is 1.59. The van der Waals surface area contributed by atoms with E-state index in [9.17, 15) is 13.5 Å². The van der Waals surface area contributed by atoms with E-state index in [4.69, 9.17) is 5.73 Å². The van der Waals surface area contributed by atoms with Gasteiger partial charge in [0.2, 0.25) is 17.2 Å². The number of hydrogen-bond acceptors (Lipinski definition) is 7. The Morgan fingerprint density at radius 1 is 1.46 bits per heavy atom. The zero-order valence-corrected chi connectivity index (χ0v) is 6.91. The number of nitrogens with zero attached hydrogens (tertiary/aromatic N) is 1. The lowest BCUT2D eigenvalue weighted by molar-refractivity contribution is 0.420. The van der Waals surface area contributed by atoms with Crippen molar-refractivity contribution in [3.63, 3.8) is 0 Å². The lowest BCUT2D eigenvalue weighted by atomic mass is 10.4.